The molecule has 0 saturated carbocycles. The second-order valence-electron chi connectivity index (χ2n) is 10.5. The highest BCUT2D eigenvalue weighted by Gasteiger charge is 2.19. The zero-order valence-electron chi connectivity index (χ0n) is 22.0. The van der Waals surface area contributed by atoms with E-state index < -0.39 is 0 Å². The first-order chi connectivity index (χ1) is 20.3. The lowest BCUT2D eigenvalue weighted by Crippen LogP contribution is -1.92. The Balaban J connectivity index is 1.29. The molecule has 0 saturated heterocycles. The number of para-hydroxylation sites is 2. The Bertz CT molecular complexity index is 2420. The third kappa shape index (κ3) is 3.40. The van der Waals surface area contributed by atoms with Gasteiger partial charge in [0.2, 0.25) is 0 Å². The van der Waals surface area contributed by atoms with Crippen LogP contribution >= 0.6 is 22.7 Å². The number of benzene rings is 6. The van der Waals surface area contributed by atoms with Crippen LogP contribution in [0.3, 0.4) is 0 Å². The molecule has 9 rings (SSSR count). The molecular formula is C38H23NS2. The molecule has 3 aromatic heterocycles. The number of nitrogens with zero attached hydrogens (tertiary/aromatic N) is 1. The summed E-state index contributed by atoms with van der Waals surface area (Å²) in [6.07, 6.45) is 0. The van der Waals surface area contributed by atoms with Gasteiger partial charge in [0.1, 0.15) is 0 Å². The molecule has 0 unspecified atom stereocenters. The summed E-state index contributed by atoms with van der Waals surface area (Å²) < 4.78 is 7.80. The van der Waals surface area contributed by atoms with E-state index in [2.05, 4.69) is 144 Å². The maximum atomic E-state index is 2.44. The summed E-state index contributed by atoms with van der Waals surface area (Å²) in [5.74, 6) is 0. The van der Waals surface area contributed by atoms with Gasteiger partial charge in [0, 0.05) is 41.3 Å². The number of fused-ring (bicyclic) bond motifs is 8. The fraction of sp³-hybridized carbons (Fsp3) is 0. The standard InChI is InChI=1S/C38H23NS2/c1-2-13-26(14-3-1)39-32-20-6-4-15-29(32)38-36(39)31-19-9-18-28(37(31)41-38)25-12-8-11-24(23-25)27-17-10-22-34-35(27)30-16-5-7-21-33(30)40-34/h1-23H. The smallest absolute Gasteiger partial charge is 0.0727 e. The molecule has 0 radical (unpaired) electrons. The summed E-state index contributed by atoms with van der Waals surface area (Å²) in [6, 6.07) is 50.9. The Labute approximate surface area is 245 Å². The second kappa shape index (κ2) is 8.90. The van der Waals surface area contributed by atoms with E-state index in [9.17, 15) is 0 Å². The van der Waals surface area contributed by atoms with Crippen LogP contribution in [-0.2, 0) is 0 Å². The van der Waals surface area contributed by atoms with E-state index in [1.54, 1.807) is 0 Å². The van der Waals surface area contributed by atoms with Crippen molar-refractivity contribution >= 4 is 74.1 Å². The molecule has 0 aliphatic heterocycles. The Kier molecular flexibility index (Phi) is 5.00. The molecule has 3 heterocycles. The van der Waals surface area contributed by atoms with Gasteiger partial charge in [-0.2, -0.15) is 0 Å². The average molecular weight is 558 g/mol. The molecule has 0 fully saturated rings. The lowest BCUT2D eigenvalue weighted by molar-refractivity contribution is 1.19. The fourth-order valence-electron chi connectivity index (χ4n) is 6.43. The zero-order valence-corrected chi connectivity index (χ0v) is 23.7. The third-order valence-corrected chi connectivity index (χ3v) is 10.6. The second-order valence-corrected chi connectivity index (χ2v) is 12.6. The van der Waals surface area contributed by atoms with E-state index in [-0.39, 0.29) is 0 Å². The van der Waals surface area contributed by atoms with Crippen LogP contribution in [0.2, 0.25) is 0 Å². The lowest BCUT2D eigenvalue weighted by Gasteiger charge is -2.10. The van der Waals surface area contributed by atoms with Crippen molar-refractivity contribution in [1.82, 2.24) is 4.57 Å². The highest BCUT2D eigenvalue weighted by molar-refractivity contribution is 7.27. The van der Waals surface area contributed by atoms with Crippen LogP contribution in [0.25, 0.3) is 79.3 Å². The first-order valence-corrected chi connectivity index (χ1v) is 15.5. The van der Waals surface area contributed by atoms with Crippen molar-refractivity contribution in [2.45, 2.75) is 0 Å². The molecule has 0 atom stereocenters. The molecule has 9 aromatic rings. The van der Waals surface area contributed by atoms with Crippen LogP contribution in [0.1, 0.15) is 0 Å². The molecule has 41 heavy (non-hydrogen) atoms. The summed E-state index contributed by atoms with van der Waals surface area (Å²) >= 11 is 3.79. The Hall–Kier alpha value is -4.70. The SMILES string of the molecule is c1ccc(-n2c3ccccc3c3sc4c(-c5cccc(-c6cccc7sc8ccccc8c67)c5)cccc4c32)cc1. The van der Waals surface area contributed by atoms with Gasteiger partial charge >= 0.3 is 0 Å². The van der Waals surface area contributed by atoms with E-state index >= 15 is 0 Å². The molecular weight excluding hydrogens is 535 g/mol. The maximum absolute atomic E-state index is 2.44. The topological polar surface area (TPSA) is 4.93 Å². The Morgan fingerprint density at radius 3 is 2.00 bits per heavy atom. The molecule has 0 aliphatic carbocycles. The van der Waals surface area contributed by atoms with Gasteiger partial charge in [0.15, 0.2) is 0 Å². The molecule has 6 aromatic carbocycles. The Morgan fingerprint density at radius 2 is 1.10 bits per heavy atom. The molecule has 0 bridgehead atoms. The number of aromatic nitrogens is 1. The van der Waals surface area contributed by atoms with E-state index in [1.807, 2.05) is 22.7 Å². The van der Waals surface area contributed by atoms with Crippen LogP contribution in [0.5, 0.6) is 0 Å². The quantitative estimate of drug-likeness (QED) is 0.204. The maximum Gasteiger partial charge on any atom is 0.0727 e. The summed E-state index contributed by atoms with van der Waals surface area (Å²) in [5.41, 5.74) is 8.85. The number of hydrogen-bond acceptors (Lipinski definition) is 2. The van der Waals surface area contributed by atoms with Crippen LogP contribution in [0.4, 0.5) is 0 Å². The first-order valence-electron chi connectivity index (χ1n) is 13.9. The van der Waals surface area contributed by atoms with Gasteiger partial charge in [0.25, 0.3) is 0 Å². The largest absolute Gasteiger partial charge is 0.308 e. The highest BCUT2D eigenvalue weighted by atomic mass is 32.1. The molecule has 0 amide bonds. The first kappa shape index (κ1) is 23.0. The monoisotopic (exact) mass is 557 g/mol. The predicted molar refractivity (Wildman–Crippen MR) is 180 cm³/mol. The van der Waals surface area contributed by atoms with Crippen molar-refractivity contribution in [3.63, 3.8) is 0 Å². The normalized spacial score (nSPS) is 11.9. The number of thiophene rings is 2. The molecule has 0 aliphatic rings. The van der Waals surface area contributed by atoms with Crippen molar-refractivity contribution < 1.29 is 0 Å². The van der Waals surface area contributed by atoms with E-state index in [4.69, 9.17) is 0 Å². The van der Waals surface area contributed by atoms with Gasteiger partial charge in [-0.15, -0.1) is 22.7 Å². The lowest BCUT2D eigenvalue weighted by atomic mass is 9.95. The summed E-state index contributed by atoms with van der Waals surface area (Å²) in [4.78, 5) is 0. The summed E-state index contributed by atoms with van der Waals surface area (Å²) in [6.45, 7) is 0. The van der Waals surface area contributed by atoms with Gasteiger partial charge < -0.3 is 4.57 Å². The fourth-order valence-corrected chi connectivity index (χ4v) is 8.92. The van der Waals surface area contributed by atoms with Crippen molar-refractivity contribution in [1.29, 1.82) is 0 Å². The molecule has 0 spiro atoms. The minimum Gasteiger partial charge on any atom is -0.308 e. The average Bonchev–Trinajstić information content (AvgIpc) is 3.70. The van der Waals surface area contributed by atoms with Crippen LogP contribution < -0.4 is 0 Å². The van der Waals surface area contributed by atoms with E-state index in [0.29, 0.717) is 0 Å². The molecule has 192 valence electrons. The molecule has 0 N–H and O–H groups in total. The zero-order chi connectivity index (χ0) is 26.9. The van der Waals surface area contributed by atoms with Crippen LogP contribution in [-0.4, -0.2) is 4.57 Å². The minimum atomic E-state index is 1.20. The minimum absolute atomic E-state index is 1.20. The van der Waals surface area contributed by atoms with Crippen molar-refractivity contribution in [2.24, 2.45) is 0 Å². The molecule has 1 nitrogen and oxygen atoms in total. The van der Waals surface area contributed by atoms with Gasteiger partial charge in [-0.05, 0) is 58.7 Å². The highest BCUT2D eigenvalue weighted by Crippen LogP contribution is 2.46. The van der Waals surface area contributed by atoms with Crippen molar-refractivity contribution in [3.8, 4) is 27.9 Å². The molecule has 3 heteroatoms. The van der Waals surface area contributed by atoms with Gasteiger partial charge in [-0.25, -0.2) is 0 Å². The number of rotatable bonds is 3. The summed E-state index contributed by atoms with van der Waals surface area (Å²) in [5, 5.41) is 5.31. The van der Waals surface area contributed by atoms with Gasteiger partial charge in [-0.1, -0.05) is 103 Å². The van der Waals surface area contributed by atoms with Crippen LogP contribution in [0.15, 0.2) is 140 Å². The predicted octanol–water partition coefficient (Wildman–Crippen LogP) is 11.7. The van der Waals surface area contributed by atoms with E-state index in [0.717, 1.165) is 0 Å². The third-order valence-electron chi connectivity index (χ3n) is 8.20. The Morgan fingerprint density at radius 1 is 0.439 bits per heavy atom. The van der Waals surface area contributed by atoms with Crippen LogP contribution in [0, 0.1) is 0 Å². The van der Waals surface area contributed by atoms with Gasteiger partial charge in [0.05, 0.1) is 15.7 Å². The van der Waals surface area contributed by atoms with Gasteiger partial charge in [-0.3, -0.25) is 0 Å². The van der Waals surface area contributed by atoms with E-state index in [1.165, 1.54) is 79.3 Å². The number of hydrogen-bond donors (Lipinski definition) is 0. The van der Waals surface area contributed by atoms with Crippen molar-refractivity contribution in [3.05, 3.63) is 140 Å². The summed E-state index contributed by atoms with van der Waals surface area (Å²) in [7, 11) is 0. The van der Waals surface area contributed by atoms with Crippen molar-refractivity contribution in [2.75, 3.05) is 0 Å².